The van der Waals surface area contributed by atoms with Crippen LogP contribution in [-0.4, -0.2) is 26.9 Å². The minimum Gasteiger partial charge on any atom is -0.352 e. The van der Waals surface area contributed by atoms with Crippen molar-refractivity contribution in [1.82, 2.24) is 10.0 Å². The van der Waals surface area contributed by atoms with Crippen LogP contribution in [0.5, 0.6) is 0 Å². The van der Waals surface area contributed by atoms with Crippen molar-refractivity contribution in [2.45, 2.75) is 64.3 Å². The Kier molecular flexibility index (Phi) is 8.89. The van der Waals surface area contributed by atoms with Crippen LogP contribution in [0.25, 0.3) is 0 Å². The van der Waals surface area contributed by atoms with E-state index in [1.54, 1.807) is 13.8 Å². The summed E-state index contributed by atoms with van der Waals surface area (Å²) in [5.74, 6) is 0.0683. The molecule has 0 aliphatic heterocycles. The maximum Gasteiger partial charge on any atom is 0.252 e. The van der Waals surface area contributed by atoms with Gasteiger partial charge in [-0.1, -0.05) is 44.7 Å². The van der Waals surface area contributed by atoms with Gasteiger partial charge in [0.05, 0.1) is 15.5 Å². The van der Waals surface area contributed by atoms with E-state index in [1.165, 1.54) is 18.2 Å². The van der Waals surface area contributed by atoms with Gasteiger partial charge in [0.15, 0.2) is 0 Å². The lowest BCUT2D eigenvalue weighted by molar-refractivity contribution is 0.0945. The molecule has 0 heterocycles. The van der Waals surface area contributed by atoms with Crippen molar-refractivity contribution < 1.29 is 13.2 Å². The van der Waals surface area contributed by atoms with Crippen LogP contribution in [0.4, 0.5) is 0 Å². The van der Waals surface area contributed by atoms with Crippen LogP contribution in [0.15, 0.2) is 23.1 Å². The van der Waals surface area contributed by atoms with E-state index in [0.29, 0.717) is 12.5 Å². The Balaban J connectivity index is 2.90. The summed E-state index contributed by atoms with van der Waals surface area (Å²) in [6, 6.07) is 3.94. The van der Waals surface area contributed by atoms with E-state index in [1.807, 2.05) is 0 Å². The fraction of sp³-hybridized carbons (Fsp3) is 0.611. The van der Waals surface area contributed by atoms with Crippen molar-refractivity contribution in [3.8, 4) is 0 Å². The summed E-state index contributed by atoms with van der Waals surface area (Å²) >= 11 is 6.10. The highest BCUT2D eigenvalue weighted by Gasteiger charge is 2.20. The molecule has 1 atom stereocenters. The molecule has 1 unspecified atom stereocenters. The smallest absolute Gasteiger partial charge is 0.252 e. The van der Waals surface area contributed by atoms with Gasteiger partial charge in [-0.05, 0) is 44.4 Å². The first-order chi connectivity index (χ1) is 11.7. The summed E-state index contributed by atoms with van der Waals surface area (Å²) in [6.45, 7) is 8.28. The third kappa shape index (κ3) is 6.96. The molecular weight excluding hydrogens is 360 g/mol. The molecule has 0 aromatic heterocycles. The van der Waals surface area contributed by atoms with Crippen molar-refractivity contribution in [3.63, 3.8) is 0 Å². The van der Waals surface area contributed by atoms with Gasteiger partial charge in [0, 0.05) is 12.6 Å². The van der Waals surface area contributed by atoms with E-state index in [4.69, 9.17) is 11.6 Å². The van der Waals surface area contributed by atoms with Gasteiger partial charge in [-0.3, -0.25) is 4.79 Å². The number of carbonyl (C=O) groups excluding carboxylic acids is 1. The molecule has 0 bridgehead atoms. The summed E-state index contributed by atoms with van der Waals surface area (Å²) in [6.07, 6.45) is 4.30. The molecular formula is C18H29ClN2O3S. The molecule has 142 valence electrons. The second kappa shape index (κ2) is 10.1. The Morgan fingerprint density at radius 1 is 1.24 bits per heavy atom. The monoisotopic (exact) mass is 388 g/mol. The molecule has 2 N–H and O–H groups in total. The summed E-state index contributed by atoms with van der Waals surface area (Å²) in [4.78, 5) is 12.5. The normalized spacial score (nSPS) is 13.0. The van der Waals surface area contributed by atoms with Crippen LogP contribution in [0, 0.1) is 5.92 Å². The molecule has 0 fully saturated rings. The number of amides is 1. The van der Waals surface area contributed by atoms with Crippen LogP contribution in [0.3, 0.4) is 0 Å². The molecule has 7 heteroatoms. The maximum absolute atomic E-state index is 12.5. The quantitative estimate of drug-likeness (QED) is 0.636. The molecule has 0 spiro atoms. The van der Waals surface area contributed by atoms with Gasteiger partial charge >= 0.3 is 0 Å². The number of carbonyl (C=O) groups is 1. The molecule has 0 saturated heterocycles. The molecule has 1 amide bonds. The largest absolute Gasteiger partial charge is 0.352 e. The Morgan fingerprint density at radius 2 is 1.92 bits per heavy atom. The van der Waals surface area contributed by atoms with Crippen LogP contribution in [-0.2, 0) is 10.0 Å². The highest BCUT2D eigenvalue weighted by molar-refractivity contribution is 7.89. The van der Waals surface area contributed by atoms with Gasteiger partial charge in [0.1, 0.15) is 0 Å². The number of sulfonamides is 1. The number of hydrogen-bond acceptors (Lipinski definition) is 3. The molecule has 0 radical (unpaired) electrons. The molecule has 0 saturated carbocycles. The van der Waals surface area contributed by atoms with E-state index in [2.05, 4.69) is 23.9 Å². The second-order valence-corrected chi connectivity index (χ2v) is 8.67. The lowest BCUT2D eigenvalue weighted by Gasteiger charge is -2.16. The van der Waals surface area contributed by atoms with Gasteiger partial charge < -0.3 is 5.32 Å². The fourth-order valence-electron chi connectivity index (χ4n) is 2.50. The number of halogens is 1. The highest BCUT2D eigenvalue weighted by Crippen LogP contribution is 2.21. The lowest BCUT2D eigenvalue weighted by atomic mass is 9.99. The average molecular weight is 389 g/mol. The van der Waals surface area contributed by atoms with Crippen molar-refractivity contribution in [1.29, 1.82) is 0 Å². The van der Waals surface area contributed by atoms with Crippen LogP contribution in [0.1, 0.15) is 63.7 Å². The Morgan fingerprint density at radius 3 is 2.48 bits per heavy atom. The number of benzene rings is 1. The van der Waals surface area contributed by atoms with E-state index < -0.39 is 10.0 Å². The van der Waals surface area contributed by atoms with Gasteiger partial charge in [-0.15, -0.1) is 0 Å². The Hall–Kier alpha value is -1.11. The highest BCUT2D eigenvalue weighted by atomic mass is 35.5. The maximum atomic E-state index is 12.5. The first-order valence-electron chi connectivity index (χ1n) is 8.81. The first kappa shape index (κ1) is 21.9. The molecule has 25 heavy (non-hydrogen) atoms. The predicted molar refractivity (Wildman–Crippen MR) is 103 cm³/mol. The summed E-state index contributed by atoms with van der Waals surface area (Å²) in [5.41, 5.74) is 0.179. The lowest BCUT2D eigenvalue weighted by Crippen LogP contribution is -2.31. The molecule has 1 rings (SSSR count). The number of hydrogen-bond donors (Lipinski definition) is 2. The first-order valence-corrected chi connectivity index (χ1v) is 10.7. The van der Waals surface area contributed by atoms with Crippen LogP contribution < -0.4 is 10.0 Å². The van der Waals surface area contributed by atoms with Crippen molar-refractivity contribution >= 4 is 27.5 Å². The number of rotatable bonds is 10. The number of unbranched alkanes of at least 4 members (excludes halogenated alkanes) is 1. The van der Waals surface area contributed by atoms with Gasteiger partial charge in [0.2, 0.25) is 10.0 Å². The van der Waals surface area contributed by atoms with E-state index in [9.17, 15) is 13.2 Å². The Bertz CT molecular complexity index is 675. The predicted octanol–water partition coefficient (Wildman–Crippen LogP) is 3.97. The SMILES string of the molecule is CCCCC(CC)CNC(=O)c1cc(S(=O)(=O)NC(C)C)ccc1Cl. The Labute approximate surface area is 156 Å². The van der Waals surface area contributed by atoms with E-state index in [0.717, 1.165) is 25.7 Å². The second-order valence-electron chi connectivity index (χ2n) is 6.54. The summed E-state index contributed by atoms with van der Waals surface area (Å²) in [5, 5.41) is 3.12. The van der Waals surface area contributed by atoms with Gasteiger partial charge in [-0.25, -0.2) is 13.1 Å². The third-order valence-corrected chi connectivity index (χ3v) is 5.96. The fourth-order valence-corrected chi connectivity index (χ4v) is 3.98. The van der Waals surface area contributed by atoms with E-state index in [-0.39, 0.29) is 27.4 Å². The number of nitrogens with one attached hydrogen (secondary N) is 2. The molecule has 5 nitrogen and oxygen atoms in total. The molecule has 1 aromatic carbocycles. The minimum atomic E-state index is -3.67. The summed E-state index contributed by atoms with van der Waals surface area (Å²) < 4.78 is 27.0. The van der Waals surface area contributed by atoms with Crippen LogP contribution in [0.2, 0.25) is 5.02 Å². The third-order valence-electron chi connectivity index (χ3n) is 3.98. The topological polar surface area (TPSA) is 75.3 Å². The van der Waals surface area contributed by atoms with Gasteiger partial charge in [0.25, 0.3) is 5.91 Å². The summed E-state index contributed by atoms with van der Waals surface area (Å²) in [7, 11) is -3.67. The zero-order chi connectivity index (χ0) is 19.0. The van der Waals surface area contributed by atoms with Gasteiger partial charge in [-0.2, -0.15) is 0 Å². The molecule has 0 aliphatic carbocycles. The zero-order valence-corrected chi connectivity index (χ0v) is 17.0. The van der Waals surface area contributed by atoms with E-state index >= 15 is 0 Å². The molecule has 1 aromatic rings. The van der Waals surface area contributed by atoms with Crippen molar-refractivity contribution in [2.75, 3.05) is 6.54 Å². The standard InChI is InChI=1S/C18H29ClN2O3S/c1-5-7-8-14(6-2)12-20-18(22)16-11-15(9-10-17(16)19)25(23,24)21-13(3)4/h9-11,13-14,21H,5-8,12H2,1-4H3,(H,20,22). The molecule has 0 aliphatic rings. The van der Waals surface area contributed by atoms with Crippen LogP contribution >= 0.6 is 11.6 Å². The van der Waals surface area contributed by atoms with Crippen molar-refractivity contribution in [3.05, 3.63) is 28.8 Å². The van der Waals surface area contributed by atoms with Crippen molar-refractivity contribution in [2.24, 2.45) is 5.92 Å². The zero-order valence-electron chi connectivity index (χ0n) is 15.4. The average Bonchev–Trinajstić information content (AvgIpc) is 2.53. The minimum absolute atomic E-state index is 0.0359.